The van der Waals surface area contributed by atoms with Gasteiger partial charge in [-0.15, -0.1) is 0 Å². The fourth-order valence-electron chi connectivity index (χ4n) is 1.86. The van der Waals surface area contributed by atoms with Crippen LogP contribution in [0, 0.1) is 0 Å². The second-order valence-corrected chi connectivity index (χ2v) is 5.28. The summed E-state index contributed by atoms with van der Waals surface area (Å²) in [7, 11) is 4.08. The molecule has 0 N–H and O–H groups in total. The molecule has 0 aliphatic rings. The molecule has 2 aromatic rings. The van der Waals surface area contributed by atoms with E-state index >= 15 is 0 Å². The summed E-state index contributed by atoms with van der Waals surface area (Å²) in [6.45, 7) is 4.74. The first-order chi connectivity index (χ1) is 10.1. The molecule has 0 bridgehead atoms. The van der Waals surface area contributed by atoms with Crippen molar-refractivity contribution in [2.24, 2.45) is 0 Å². The minimum atomic E-state index is 0.177. The van der Waals surface area contributed by atoms with Gasteiger partial charge in [0.2, 0.25) is 11.2 Å². The molecule has 21 heavy (non-hydrogen) atoms. The van der Waals surface area contributed by atoms with Crippen LogP contribution in [0.25, 0.3) is 5.95 Å². The zero-order chi connectivity index (χ0) is 15.2. The number of hydrogen-bond acceptors (Lipinski definition) is 6. The number of halogens is 1. The van der Waals surface area contributed by atoms with Crippen LogP contribution in [-0.4, -0.2) is 63.4 Å². The molecule has 0 spiro atoms. The number of nitrogens with zero attached hydrogens (tertiary/aromatic N) is 7. The highest BCUT2D eigenvalue weighted by molar-refractivity contribution is 6.28. The van der Waals surface area contributed by atoms with Gasteiger partial charge in [0.1, 0.15) is 0 Å². The lowest BCUT2D eigenvalue weighted by molar-refractivity contribution is 0.411. The van der Waals surface area contributed by atoms with E-state index in [1.807, 2.05) is 20.2 Å². The van der Waals surface area contributed by atoms with Crippen molar-refractivity contribution in [3.8, 4) is 5.95 Å². The lowest BCUT2D eigenvalue weighted by atomic mass is 10.4. The zero-order valence-corrected chi connectivity index (χ0v) is 13.3. The molecule has 2 aromatic heterocycles. The fourth-order valence-corrected chi connectivity index (χ4v) is 2.01. The quantitative estimate of drug-likeness (QED) is 0.772. The van der Waals surface area contributed by atoms with Gasteiger partial charge in [0, 0.05) is 32.0 Å². The first-order valence-electron chi connectivity index (χ1n) is 6.91. The zero-order valence-electron chi connectivity index (χ0n) is 12.6. The summed E-state index contributed by atoms with van der Waals surface area (Å²) < 4.78 is 1.58. The van der Waals surface area contributed by atoms with Gasteiger partial charge in [-0.3, -0.25) is 0 Å². The van der Waals surface area contributed by atoms with E-state index in [0.717, 1.165) is 26.1 Å². The Balaban J connectivity index is 2.27. The number of rotatable bonds is 7. The molecule has 0 aromatic carbocycles. The van der Waals surface area contributed by atoms with Crippen molar-refractivity contribution in [2.45, 2.75) is 13.3 Å². The molecule has 7 nitrogen and oxygen atoms in total. The first-order valence-corrected chi connectivity index (χ1v) is 7.29. The van der Waals surface area contributed by atoms with Gasteiger partial charge in [-0.1, -0.05) is 6.92 Å². The minimum absolute atomic E-state index is 0.177. The lowest BCUT2D eigenvalue weighted by Crippen LogP contribution is -2.34. The summed E-state index contributed by atoms with van der Waals surface area (Å²) >= 11 is 6.03. The van der Waals surface area contributed by atoms with Gasteiger partial charge >= 0.3 is 0 Å². The van der Waals surface area contributed by atoms with Gasteiger partial charge < -0.3 is 9.80 Å². The van der Waals surface area contributed by atoms with Crippen LogP contribution in [0.3, 0.4) is 0 Å². The Bertz CT molecular complexity index is 556. The van der Waals surface area contributed by atoms with Crippen LogP contribution in [0.5, 0.6) is 0 Å². The van der Waals surface area contributed by atoms with E-state index in [1.165, 1.54) is 0 Å². The van der Waals surface area contributed by atoms with Crippen LogP contribution in [-0.2, 0) is 0 Å². The topological polar surface area (TPSA) is 63.0 Å². The minimum Gasteiger partial charge on any atom is -0.339 e. The predicted octanol–water partition coefficient (Wildman–Crippen LogP) is 1.49. The maximum absolute atomic E-state index is 6.03. The SMILES string of the molecule is CCCN(CCN(C)C)c1nc(Cl)nc(-n2cccn2)n1. The Morgan fingerprint density at radius 1 is 1.14 bits per heavy atom. The van der Waals surface area contributed by atoms with Crippen LogP contribution in [0.4, 0.5) is 5.95 Å². The number of aromatic nitrogens is 5. The van der Waals surface area contributed by atoms with Gasteiger partial charge in [0.25, 0.3) is 5.95 Å². The molecule has 0 aliphatic carbocycles. The van der Waals surface area contributed by atoms with Crippen molar-refractivity contribution >= 4 is 17.5 Å². The highest BCUT2D eigenvalue weighted by Crippen LogP contribution is 2.13. The summed E-state index contributed by atoms with van der Waals surface area (Å²) in [4.78, 5) is 17.1. The second kappa shape index (κ2) is 7.33. The van der Waals surface area contributed by atoms with Gasteiger partial charge in [0.15, 0.2) is 0 Å². The Morgan fingerprint density at radius 3 is 2.57 bits per heavy atom. The third kappa shape index (κ3) is 4.37. The van der Waals surface area contributed by atoms with Gasteiger partial charge in [-0.25, -0.2) is 4.68 Å². The van der Waals surface area contributed by atoms with Crippen LogP contribution < -0.4 is 4.90 Å². The highest BCUT2D eigenvalue weighted by Gasteiger charge is 2.13. The Kier molecular flexibility index (Phi) is 5.46. The van der Waals surface area contributed by atoms with Crippen molar-refractivity contribution in [2.75, 3.05) is 38.6 Å². The van der Waals surface area contributed by atoms with Gasteiger partial charge in [-0.2, -0.15) is 20.1 Å². The molecular formula is C13H20ClN7. The van der Waals surface area contributed by atoms with E-state index in [1.54, 1.807) is 17.1 Å². The third-order valence-corrected chi connectivity index (χ3v) is 3.06. The van der Waals surface area contributed by atoms with Crippen molar-refractivity contribution in [3.63, 3.8) is 0 Å². The molecule has 0 fully saturated rings. The van der Waals surface area contributed by atoms with Crippen LogP contribution >= 0.6 is 11.6 Å². The normalized spacial score (nSPS) is 11.1. The summed E-state index contributed by atoms with van der Waals surface area (Å²) in [5.41, 5.74) is 0. The monoisotopic (exact) mass is 309 g/mol. The molecule has 0 atom stereocenters. The van der Waals surface area contributed by atoms with E-state index in [9.17, 15) is 0 Å². The highest BCUT2D eigenvalue weighted by atomic mass is 35.5. The fraction of sp³-hybridized carbons (Fsp3) is 0.538. The molecule has 0 unspecified atom stereocenters. The maximum Gasteiger partial charge on any atom is 0.256 e. The Hall–Kier alpha value is -1.73. The van der Waals surface area contributed by atoms with Gasteiger partial charge in [-0.05, 0) is 38.2 Å². The summed E-state index contributed by atoms with van der Waals surface area (Å²) in [5.74, 6) is 1.02. The molecule has 0 aliphatic heterocycles. The van der Waals surface area contributed by atoms with Crippen molar-refractivity contribution in [1.29, 1.82) is 0 Å². The number of hydrogen-bond donors (Lipinski definition) is 0. The van der Waals surface area contributed by atoms with E-state index in [4.69, 9.17) is 11.6 Å². The number of anilines is 1. The summed E-state index contributed by atoms with van der Waals surface area (Å²) in [5, 5.41) is 4.30. The molecule has 2 heterocycles. The molecule has 0 radical (unpaired) electrons. The lowest BCUT2D eigenvalue weighted by Gasteiger charge is -2.24. The summed E-state index contributed by atoms with van der Waals surface area (Å²) in [6, 6.07) is 1.81. The molecule has 0 saturated heterocycles. The standard InChI is InChI=1S/C13H20ClN7/c1-4-7-20(10-9-19(2)3)12-16-11(14)17-13(18-12)21-8-5-6-15-21/h5-6,8H,4,7,9-10H2,1-3H3. The van der Waals surface area contributed by atoms with Crippen molar-refractivity contribution in [3.05, 3.63) is 23.7 Å². The molecule has 2 rings (SSSR count). The maximum atomic E-state index is 6.03. The Labute approximate surface area is 129 Å². The predicted molar refractivity (Wildman–Crippen MR) is 83.0 cm³/mol. The van der Waals surface area contributed by atoms with E-state index in [2.05, 4.69) is 36.8 Å². The Morgan fingerprint density at radius 2 is 1.95 bits per heavy atom. The van der Waals surface area contributed by atoms with Crippen molar-refractivity contribution < 1.29 is 0 Å². The van der Waals surface area contributed by atoms with E-state index in [-0.39, 0.29) is 5.28 Å². The van der Waals surface area contributed by atoms with Crippen LogP contribution in [0.1, 0.15) is 13.3 Å². The average Bonchev–Trinajstić information content (AvgIpc) is 2.96. The second-order valence-electron chi connectivity index (χ2n) is 4.95. The molecule has 0 amide bonds. The third-order valence-electron chi connectivity index (χ3n) is 2.89. The molecule has 114 valence electrons. The van der Waals surface area contributed by atoms with Gasteiger partial charge in [0.05, 0.1) is 0 Å². The van der Waals surface area contributed by atoms with E-state index < -0.39 is 0 Å². The molecular weight excluding hydrogens is 290 g/mol. The summed E-state index contributed by atoms with van der Waals surface area (Å²) in [6.07, 6.45) is 4.46. The first kappa shape index (κ1) is 15.7. The van der Waals surface area contributed by atoms with Crippen molar-refractivity contribution in [1.82, 2.24) is 29.6 Å². The smallest absolute Gasteiger partial charge is 0.256 e. The number of likely N-dealkylation sites (N-methyl/N-ethyl adjacent to an activating group) is 1. The van der Waals surface area contributed by atoms with Crippen LogP contribution in [0.15, 0.2) is 18.5 Å². The molecule has 8 heteroatoms. The van der Waals surface area contributed by atoms with Crippen LogP contribution in [0.2, 0.25) is 5.28 Å². The molecule has 0 saturated carbocycles. The average molecular weight is 310 g/mol. The van der Waals surface area contributed by atoms with E-state index in [0.29, 0.717) is 11.9 Å². The largest absolute Gasteiger partial charge is 0.339 e.